The van der Waals surface area contributed by atoms with Crippen molar-refractivity contribution in [3.63, 3.8) is 0 Å². The zero-order chi connectivity index (χ0) is 15.9. The minimum Gasteiger partial charge on any atom is -0.497 e. The number of hydrogen-bond acceptors (Lipinski definition) is 2. The molecule has 0 saturated carbocycles. The molecule has 2 aromatic carbocycles. The second kappa shape index (κ2) is 7.56. The van der Waals surface area contributed by atoms with Crippen LogP contribution in [0.3, 0.4) is 0 Å². The molecule has 5 heteroatoms. The number of benzene rings is 2. The Morgan fingerprint density at radius 3 is 2.73 bits per heavy atom. The largest absolute Gasteiger partial charge is 0.497 e. The van der Waals surface area contributed by atoms with Crippen LogP contribution in [0.5, 0.6) is 5.75 Å². The van der Waals surface area contributed by atoms with Crippen molar-refractivity contribution in [2.75, 3.05) is 26.0 Å². The van der Waals surface area contributed by atoms with Crippen molar-refractivity contribution in [2.24, 2.45) is 0 Å². The predicted octanol–water partition coefficient (Wildman–Crippen LogP) is 1.49. The number of amides is 1. The summed E-state index contributed by atoms with van der Waals surface area (Å²) in [7, 11) is 3.54. The summed E-state index contributed by atoms with van der Waals surface area (Å²) in [5, 5.41) is 2.59. The topological polar surface area (TPSA) is 42.8 Å². The van der Waals surface area contributed by atoms with Crippen molar-refractivity contribution >= 4 is 11.6 Å². The Balaban J connectivity index is 1.89. The molecule has 1 atom stereocenters. The first kappa shape index (κ1) is 16.0. The van der Waals surface area contributed by atoms with Gasteiger partial charge in [-0.2, -0.15) is 0 Å². The Labute approximate surface area is 129 Å². The van der Waals surface area contributed by atoms with Gasteiger partial charge in [0.15, 0.2) is 6.54 Å². The van der Waals surface area contributed by atoms with Crippen molar-refractivity contribution in [1.29, 1.82) is 0 Å². The van der Waals surface area contributed by atoms with E-state index in [2.05, 4.69) is 5.32 Å². The van der Waals surface area contributed by atoms with Crippen LogP contribution in [0.15, 0.2) is 48.5 Å². The third-order valence-corrected chi connectivity index (χ3v) is 3.25. The fraction of sp³-hybridized carbons (Fsp3) is 0.235. The highest BCUT2D eigenvalue weighted by molar-refractivity contribution is 5.91. The summed E-state index contributed by atoms with van der Waals surface area (Å²) in [6.45, 7) is 0.938. The maximum Gasteiger partial charge on any atom is 0.279 e. The van der Waals surface area contributed by atoms with Gasteiger partial charge in [0.1, 0.15) is 18.1 Å². The third-order valence-electron chi connectivity index (χ3n) is 3.25. The van der Waals surface area contributed by atoms with Gasteiger partial charge in [0.2, 0.25) is 0 Å². The number of ether oxygens (including phenoxy) is 1. The molecule has 0 aromatic heterocycles. The van der Waals surface area contributed by atoms with Gasteiger partial charge in [0.25, 0.3) is 5.91 Å². The first-order valence-corrected chi connectivity index (χ1v) is 7.07. The van der Waals surface area contributed by atoms with E-state index in [1.165, 1.54) is 6.07 Å². The summed E-state index contributed by atoms with van der Waals surface area (Å²) >= 11 is 0. The van der Waals surface area contributed by atoms with E-state index in [9.17, 15) is 9.18 Å². The van der Waals surface area contributed by atoms with Crippen LogP contribution in [0.2, 0.25) is 0 Å². The maximum atomic E-state index is 13.5. The van der Waals surface area contributed by atoms with Gasteiger partial charge in [-0.25, -0.2) is 4.39 Å². The Morgan fingerprint density at radius 2 is 2.00 bits per heavy atom. The quantitative estimate of drug-likeness (QED) is 0.849. The molecule has 22 heavy (non-hydrogen) atoms. The van der Waals surface area contributed by atoms with Gasteiger partial charge >= 0.3 is 0 Å². The van der Waals surface area contributed by atoms with Crippen LogP contribution >= 0.6 is 0 Å². The Bertz CT molecular complexity index is 646. The minimum atomic E-state index is -0.429. The van der Waals surface area contributed by atoms with Crippen molar-refractivity contribution in [3.05, 3.63) is 59.9 Å². The number of carbonyl (C=O) groups is 1. The molecule has 0 radical (unpaired) electrons. The minimum absolute atomic E-state index is 0.210. The zero-order valence-corrected chi connectivity index (χ0v) is 12.7. The summed E-state index contributed by atoms with van der Waals surface area (Å²) in [5.41, 5.74) is 1.29. The predicted molar refractivity (Wildman–Crippen MR) is 83.5 cm³/mol. The monoisotopic (exact) mass is 303 g/mol. The van der Waals surface area contributed by atoms with Gasteiger partial charge in [-0.05, 0) is 24.3 Å². The number of carbonyl (C=O) groups excluding carboxylic acids is 1. The molecule has 0 fully saturated rings. The van der Waals surface area contributed by atoms with Gasteiger partial charge in [0.05, 0.1) is 19.8 Å². The van der Waals surface area contributed by atoms with E-state index in [-0.39, 0.29) is 18.1 Å². The maximum absolute atomic E-state index is 13.5. The van der Waals surface area contributed by atoms with E-state index < -0.39 is 5.82 Å². The number of para-hydroxylation sites is 1. The fourth-order valence-corrected chi connectivity index (χ4v) is 2.22. The summed E-state index contributed by atoms with van der Waals surface area (Å²) < 4.78 is 18.7. The lowest BCUT2D eigenvalue weighted by molar-refractivity contribution is -0.885. The SMILES string of the molecule is COc1cccc(C[NH+](C)CC(=O)Nc2ccccc2F)c1. The van der Waals surface area contributed by atoms with Gasteiger partial charge in [-0.3, -0.25) is 4.79 Å². The molecular formula is C17H20FN2O2+. The average molecular weight is 303 g/mol. The molecule has 0 aliphatic carbocycles. The summed E-state index contributed by atoms with van der Waals surface area (Å²) in [5.74, 6) is 0.146. The molecule has 1 unspecified atom stereocenters. The van der Waals surface area contributed by atoms with Gasteiger partial charge in [0, 0.05) is 5.56 Å². The molecule has 0 bridgehead atoms. The van der Waals surface area contributed by atoms with Crippen LogP contribution < -0.4 is 15.0 Å². The third kappa shape index (κ3) is 4.56. The Kier molecular flexibility index (Phi) is 5.49. The second-order valence-corrected chi connectivity index (χ2v) is 5.19. The lowest BCUT2D eigenvalue weighted by Gasteiger charge is -2.14. The van der Waals surface area contributed by atoms with Crippen LogP contribution in [0.25, 0.3) is 0 Å². The van der Waals surface area contributed by atoms with Gasteiger partial charge < -0.3 is 15.0 Å². The van der Waals surface area contributed by atoms with E-state index in [0.29, 0.717) is 6.54 Å². The molecule has 0 aliphatic heterocycles. The summed E-state index contributed by atoms with van der Waals surface area (Å²) in [6.07, 6.45) is 0. The molecule has 0 saturated heterocycles. The first-order chi connectivity index (χ1) is 10.6. The number of quaternary nitrogens is 1. The number of nitrogens with one attached hydrogen (secondary N) is 2. The van der Waals surface area contributed by atoms with Crippen LogP contribution in [-0.4, -0.2) is 26.6 Å². The second-order valence-electron chi connectivity index (χ2n) is 5.19. The summed E-state index contributed by atoms with van der Waals surface area (Å²) in [4.78, 5) is 13.0. The molecule has 0 aliphatic rings. The molecule has 0 spiro atoms. The van der Waals surface area contributed by atoms with Crippen molar-refractivity contribution in [2.45, 2.75) is 6.54 Å². The lowest BCUT2D eigenvalue weighted by Crippen LogP contribution is -3.08. The van der Waals surface area contributed by atoms with Gasteiger partial charge in [-0.15, -0.1) is 0 Å². The highest BCUT2D eigenvalue weighted by Crippen LogP contribution is 2.12. The Morgan fingerprint density at radius 1 is 1.23 bits per heavy atom. The normalized spacial score (nSPS) is 11.8. The lowest BCUT2D eigenvalue weighted by atomic mass is 10.2. The van der Waals surface area contributed by atoms with Crippen LogP contribution in [-0.2, 0) is 11.3 Å². The molecule has 2 N–H and O–H groups in total. The molecule has 1 amide bonds. The summed E-state index contributed by atoms with van der Waals surface area (Å²) in [6, 6.07) is 13.9. The zero-order valence-electron chi connectivity index (χ0n) is 12.7. The van der Waals surface area contributed by atoms with E-state index >= 15 is 0 Å². The number of anilines is 1. The average Bonchev–Trinajstić information content (AvgIpc) is 2.49. The number of rotatable bonds is 6. The molecule has 2 aromatic rings. The molecule has 2 rings (SSSR count). The van der Waals surface area contributed by atoms with Crippen LogP contribution in [0.4, 0.5) is 10.1 Å². The smallest absolute Gasteiger partial charge is 0.279 e. The highest BCUT2D eigenvalue weighted by atomic mass is 19.1. The van der Waals surface area contributed by atoms with E-state index in [1.54, 1.807) is 25.3 Å². The van der Waals surface area contributed by atoms with Crippen molar-refractivity contribution in [3.8, 4) is 5.75 Å². The number of likely N-dealkylation sites (N-methyl/N-ethyl adjacent to an activating group) is 1. The standard InChI is InChI=1S/C17H19FN2O2/c1-20(11-13-6-5-7-14(10-13)22-2)12-17(21)19-16-9-4-3-8-15(16)18/h3-10H,11-12H2,1-2H3,(H,19,21)/p+1. The van der Waals surface area contributed by atoms with E-state index in [1.807, 2.05) is 31.3 Å². The van der Waals surface area contributed by atoms with Crippen molar-refractivity contribution < 1.29 is 18.8 Å². The van der Waals surface area contributed by atoms with Crippen molar-refractivity contribution in [1.82, 2.24) is 0 Å². The molecule has 4 nitrogen and oxygen atoms in total. The Hall–Kier alpha value is -2.40. The molecule has 116 valence electrons. The number of methoxy groups -OCH3 is 1. The van der Waals surface area contributed by atoms with E-state index in [4.69, 9.17) is 4.74 Å². The van der Waals surface area contributed by atoms with Gasteiger partial charge in [-0.1, -0.05) is 24.3 Å². The number of halogens is 1. The molecule has 0 heterocycles. The fourth-order valence-electron chi connectivity index (χ4n) is 2.22. The van der Waals surface area contributed by atoms with Crippen LogP contribution in [0.1, 0.15) is 5.56 Å². The highest BCUT2D eigenvalue weighted by Gasteiger charge is 2.12. The first-order valence-electron chi connectivity index (χ1n) is 7.07. The molecular weight excluding hydrogens is 283 g/mol. The van der Waals surface area contributed by atoms with E-state index in [0.717, 1.165) is 16.2 Å². The van der Waals surface area contributed by atoms with Crippen LogP contribution in [0, 0.1) is 5.82 Å². The number of hydrogen-bond donors (Lipinski definition) is 2.